The molecule has 0 spiro atoms. The van der Waals surface area contributed by atoms with Crippen molar-refractivity contribution in [2.75, 3.05) is 193 Å². The van der Waals surface area contributed by atoms with E-state index in [-0.39, 0.29) is 49.9 Å². The van der Waals surface area contributed by atoms with Gasteiger partial charge in [-0.25, -0.2) is 42.7 Å². The fourth-order valence-electron chi connectivity index (χ4n) is 17.3. The topological polar surface area (TPSA) is 327 Å². The number of benzene rings is 8. The van der Waals surface area contributed by atoms with Crippen LogP contribution < -0.4 is 117 Å². The number of fused-ring (bicyclic) bond motifs is 5. The van der Waals surface area contributed by atoms with E-state index in [1.54, 1.807) is 128 Å². The minimum Gasteiger partial charge on any atom is -0.497 e. The molecule has 5 aliphatic rings. The number of nitrogens with one attached hydrogen (secondary N) is 5. The number of methoxy groups -OCH3 is 8. The standard InChI is InChI=1S/2C22H24N2O4.C21H22N2O4.C20H20FN3O3.C19H18FN3O3/c2*1-14-13-24(9-8-23-14)16-5-4-15-10-19(22(25)28-20(15)11-16)18-7-6-17(26-2)12-21(18)27-3;1-25-16-5-6-17(20(13-16)26-2)18-11-14-3-4-15(12-19(14)27-21(18)24)23-9-7-22-8-10-23;1-12-11-24(7-6-22-12)13-8-16(21)14-10-15(20(25)27-18(14)9-13)17-4-3-5-19(23-17)26-2;1-25-18-4-2-3-16(22-18)14-11-13-15(20)9-12(10-17(13)26-19(14)24)23-7-5-21-6-8-23/h2*4-7,10-12,14,23H,8-9,13H2,1-3H3;3-6,11-13,22H,7-10H2,1-2H3;3-5,8-10,12,22H,6-7,11H2,1-2H3;2-4,9-11,21H,5-8H2,1H3/t2*14-;;12-;/m10.0./s1. The van der Waals surface area contributed by atoms with Crippen molar-refractivity contribution in [3.8, 4) is 102 Å². The first-order valence-corrected chi connectivity index (χ1v) is 44.9. The van der Waals surface area contributed by atoms with Crippen LogP contribution in [0.15, 0.2) is 246 Å². The molecule has 12 heterocycles. The van der Waals surface area contributed by atoms with Gasteiger partial charge in [0, 0.05) is 251 Å². The van der Waals surface area contributed by atoms with Gasteiger partial charge in [-0.15, -0.1) is 0 Å². The zero-order chi connectivity index (χ0) is 95.2. The summed E-state index contributed by atoms with van der Waals surface area (Å²) in [6.45, 7) is 21.4. The number of aromatic nitrogens is 2. The second-order valence-corrected chi connectivity index (χ2v) is 33.3. The minimum absolute atomic E-state index is 0.198. The quantitative estimate of drug-likeness (QED) is 0.0498. The van der Waals surface area contributed by atoms with Gasteiger partial charge in [0.25, 0.3) is 0 Å². The molecular formula is C104H108F2N12O18. The summed E-state index contributed by atoms with van der Waals surface area (Å²) in [7, 11) is 12.5. The molecule has 20 rings (SSSR count). The Morgan fingerprint density at radius 1 is 0.294 bits per heavy atom. The Balaban J connectivity index is 0.000000123. The first-order valence-electron chi connectivity index (χ1n) is 44.9. The molecule has 0 bridgehead atoms. The first-order chi connectivity index (χ1) is 66.1. The van der Waals surface area contributed by atoms with Crippen molar-refractivity contribution in [3.05, 3.63) is 264 Å². The van der Waals surface area contributed by atoms with E-state index in [1.807, 2.05) is 72.8 Å². The number of hydrogen-bond acceptors (Lipinski definition) is 30. The maximum atomic E-state index is 14.8. The second kappa shape index (κ2) is 43.0. The number of anilines is 5. The summed E-state index contributed by atoms with van der Waals surface area (Å²) >= 11 is 0. The van der Waals surface area contributed by atoms with Gasteiger partial charge in [-0.1, -0.05) is 12.1 Å². The lowest BCUT2D eigenvalue weighted by atomic mass is 10.0. The summed E-state index contributed by atoms with van der Waals surface area (Å²) < 4.78 is 99.6. The third kappa shape index (κ3) is 21.7. The Morgan fingerprint density at radius 3 is 0.926 bits per heavy atom. The van der Waals surface area contributed by atoms with Crippen LogP contribution in [0, 0.1) is 11.6 Å². The number of halogens is 2. The molecular weight excluding hydrogens is 1740 g/mol. The van der Waals surface area contributed by atoms with E-state index in [9.17, 15) is 32.8 Å². The van der Waals surface area contributed by atoms with Crippen LogP contribution in [0.4, 0.5) is 37.2 Å². The number of rotatable bonds is 18. The highest BCUT2D eigenvalue weighted by molar-refractivity contribution is 5.91. The first kappa shape index (κ1) is 94.4. The van der Waals surface area contributed by atoms with E-state index in [0.29, 0.717) is 137 Å². The van der Waals surface area contributed by atoms with Gasteiger partial charge in [0.05, 0.1) is 107 Å². The lowest BCUT2D eigenvalue weighted by molar-refractivity contribution is 0.395. The third-order valence-corrected chi connectivity index (χ3v) is 24.4. The predicted octanol–water partition coefficient (Wildman–Crippen LogP) is 14.7. The molecule has 0 unspecified atom stereocenters. The smallest absolute Gasteiger partial charge is 0.345 e. The van der Waals surface area contributed by atoms with Crippen LogP contribution in [0.3, 0.4) is 0 Å². The Kier molecular flexibility index (Phi) is 29.9. The SMILES string of the molecule is COc1ccc(-c2cc3ccc(N4CCNCC4)cc3oc2=O)c(OC)c1.COc1ccc(-c2cc3ccc(N4CCN[C@@H](C)C4)cc3oc2=O)c(OC)c1.COc1ccc(-c2cc3ccc(N4CCN[C@H](C)C4)cc3oc2=O)c(OC)c1.COc1cccc(-c2cc3c(F)cc(N4CCNCC4)cc3oc2=O)n1.COc1cccc(-c2cc3c(F)cc(N4CCN[C@@H](C)C4)cc3oc2=O)n1. The average Bonchev–Trinajstić information content (AvgIpc) is 0.788. The molecule has 5 saturated heterocycles. The summed E-state index contributed by atoms with van der Waals surface area (Å²) in [4.78, 5) is 82.6. The van der Waals surface area contributed by atoms with Gasteiger partial charge >= 0.3 is 28.1 Å². The van der Waals surface area contributed by atoms with Crippen LogP contribution in [-0.2, 0) is 0 Å². The maximum Gasteiger partial charge on any atom is 0.345 e. The van der Waals surface area contributed by atoms with Crippen molar-refractivity contribution < 1.29 is 68.8 Å². The van der Waals surface area contributed by atoms with E-state index in [4.69, 9.17) is 60.0 Å². The summed E-state index contributed by atoms with van der Waals surface area (Å²) in [5, 5.41) is 19.9. The van der Waals surface area contributed by atoms with E-state index >= 15 is 0 Å². The van der Waals surface area contributed by atoms with Gasteiger partial charge < -0.3 is 111 Å². The molecule has 0 saturated carbocycles. The van der Waals surface area contributed by atoms with Crippen molar-refractivity contribution in [1.82, 2.24) is 36.6 Å². The molecule has 5 fully saturated rings. The molecule has 706 valence electrons. The molecule has 136 heavy (non-hydrogen) atoms. The molecule has 0 amide bonds. The van der Waals surface area contributed by atoms with Crippen LogP contribution in [0.2, 0.25) is 0 Å². The fraction of sp³-hybridized carbons (Fsp3) is 0.298. The lowest BCUT2D eigenvalue weighted by Crippen LogP contribution is -2.49. The van der Waals surface area contributed by atoms with Crippen LogP contribution in [0.25, 0.3) is 111 Å². The van der Waals surface area contributed by atoms with E-state index in [2.05, 4.69) is 100 Å². The van der Waals surface area contributed by atoms with E-state index < -0.39 is 22.9 Å². The van der Waals surface area contributed by atoms with Crippen LogP contribution in [-0.4, -0.2) is 196 Å². The Morgan fingerprint density at radius 2 is 0.596 bits per heavy atom. The van der Waals surface area contributed by atoms with Crippen LogP contribution in [0.1, 0.15) is 20.8 Å². The largest absolute Gasteiger partial charge is 0.497 e. The Hall–Kier alpha value is -14.8. The summed E-state index contributed by atoms with van der Waals surface area (Å²) in [5.41, 5.74) is 9.18. The highest BCUT2D eigenvalue weighted by Crippen LogP contribution is 2.40. The van der Waals surface area contributed by atoms with Gasteiger partial charge in [0.2, 0.25) is 11.8 Å². The lowest BCUT2D eigenvalue weighted by Gasteiger charge is -2.33. The van der Waals surface area contributed by atoms with Crippen molar-refractivity contribution in [1.29, 1.82) is 0 Å². The average molecular weight is 1850 g/mol. The molecule has 7 aromatic heterocycles. The second-order valence-electron chi connectivity index (χ2n) is 33.3. The zero-order valence-corrected chi connectivity index (χ0v) is 77.5. The molecule has 32 heteroatoms. The van der Waals surface area contributed by atoms with Crippen LogP contribution >= 0.6 is 0 Å². The molecule has 0 aliphatic carbocycles. The summed E-state index contributed by atoms with van der Waals surface area (Å²) in [5.74, 6) is 3.59. The Labute approximate surface area is 782 Å². The highest BCUT2D eigenvalue weighted by Gasteiger charge is 2.27. The maximum absolute atomic E-state index is 14.8. The predicted molar refractivity (Wildman–Crippen MR) is 527 cm³/mol. The third-order valence-electron chi connectivity index (χ3n) is 24.4. The van der Waals surface area contributed by atoms with E-state index in [0.717, 1.165) is 144 Å². The normalized spacial score (nSPS) is 16.1. The molecule has 5 N–H and O–H groups in total. The van der Waals surface area contributed by atoms with E-state index in [1.165, 1.54) is 38.5 Å². The molecule has 0 radical (unpaired) electrons. The van der Waals surface area contributed by atoms with Crippen molar-refractivity contribution >= 4 is 83.3 Å². The zero-order valence-electron chi connectivity index (χ0n) is 77.5. The highest BCUT2D eigenvalue weighted by atomic mass is 19.1. The van der Waals surface area contributed by atoms with Gasteiger partial charge in [0.15, 0.2) is 0 Å². The summed E-state index contributed by atoms with van der Waals surface area (Å²) in [6.07, 6.45) is 0. The van der Waals surface area contributed by atoms with Crippen molar-refractivity contribution in [3.63, 3.8) is 0 Å². The molecule has 3 atom stereocenters. The number of piperazine rings is 5. The number of nitrogens with zero attached hydrogens (tertiary/aromatic N) is 7. The number of pyridine rings is 2. The molecule has 5 aliphatic heterocycles. The van der Waals surface area contributed by atoms with Crippen molar-refractivity contribution in [2.24, 2.45) is 0 Å². The fourth-order valence-corrected chi connectivity index (χ4v) is 17.3. The number of ether oxygens (including phenoxy) is 8. The van der Waals surface area contributed by atoms with Gasteiger partial charge in [0.1, 0.15) is 74.0 Å². The monoisotopic (exact) mass is 1850 g/mol. The van der Waals surface area contributed by atoms with Crippen LogP contribution in [0.5, 0.6) is 46.3 Å². The Bertz CT molecular complexity index is 6990. The minimum atomic E-state index is -0.562. The van der Waals surface area contributed by atoms with Gasteiger partial charge in [-0.2, -0.15) is 0 Å². The van der Waals surface area contributed by atoms with Gasteiger partial charge in [-0.05, 0) is 148 Å². The molecule has 15 aromatic rings. The van der Waals surface area contributed by atoms with Crippen molar-refractivity contribution in [2.45, 2.75) is 38.9 Å². The molecule has 30 nitrogen and oxygen atoms in total. The number of hydrogen-bond donors (Lipinski definition) is 5. The summed E-state index contributed by atoms with van der Waals surface area (Å²) in [6, 6.07) is 60.4. The molecule has 8 aromatic carbocycles. The van der Waals surface area contributed by atoms with Gasteiger partial charge in [-0.3, -0.25) is 0 Å².